The van der Waals surface area contributed by atoms with Crippen LogP contribution in [0.1, 0.15) is 258 Å². The lowest BCUT2D eigenvalue weighted by molar-refractivity contribution is -0.379. The van der Waals surface area contributed by atoms with E-state index in [-0.39, 0.29) is 18.9 Å². The minimum atomic E-state index is -1.98. The molecule has 3 fully saturated rings. The Balaban J connectivity index is 1.35. The fraction of sp³-hybridized carbons (Fsp3) is 0.897. The van der Waals surface area contributed by atoms with Gasteiger partial charge in [-0.2, -0.15) is 0 Å². The number of aliphatic hydroxyl groups is 11. The average molecular weight is 1240 g/mol. The van der Waals surface area contributed by atoms with Crippen LogP contribution >= 0.6 is 0 Å². The molecule has 19 heteroatoms. The van der Waals surface area contributed by atoms with Crippen molar-refractivity contribution in [3.05, 3.63) is 36.5 Å². The quantitative estimate of drug-likeness (QED) is 0.0200. The molecular weight excluding hydrogens is 1120 g/mol. The number of amides is 1. The second kappa shape index (κ2) is 50.6. The van der Waals surface area contributed by atoms with E-state index < -0.39 is 124 Å². The van der Waals surface area contributed by atoms with Gasteiger partial charge in [0, 0.05) is 6.42 Å². The number of rotatable bonds is 53. The molecule has 3 saturated heterocycles. The number of nitrogens with one attached hydrogen (secondary N) is 1. The Morgan fingerprint density at radius 1 is 0.402 bits per heavy atom. The van der Waals surface area contributed by atoms with Gasteiger partial charge in [-0.1, -0.05) is 230 Å². The first kappa shape index (κ1) is 79.2. The van der Waals surface area contributed by atoms with E-state index in [4.69, 9.17) is 28.4 Å². The number of ether oxygens (including phenoxy) is 6. The number of unbranched alkanes of at least 4 members (excludes halogenated alkanes) is 33. The summed E-state index contributed by atoms with van der Waals surface area (Å²) in [6.45, 7) is 1.69. The highest BCUT2D eigenvalue weighted by atomic mass is 16.8. The van der Waals surface area contributed by atoms with Gasteiger partial charge in [-0.25, -0.2) is 0 Å². The van der Waals surface area contributed by atoms with Crippen molar-refractivity contribution in [2.45, 2.75) is 362 Å². The van der Waals surface area contributed by atoms with Crippen LogP contribution in [-0.2, 0) is 33.2 Å². The SMILES string of the molecule is CCCCCCC/C=C/CC/C=C/C(O)C(COC1OC(CO)C(OC2OC(CO)C(OC3OC(CO)C(O)C(O)C3O)C(O)C2O)C(O)C1O)NC(=O)CCCCCCCCCCCCCCCCCCCCC/C=C\CCCCCCCCCC. The van der Waals surface area contributed by atoms with Crippen molar-refractivity contribution in [1.82, 2.24) is 5.32 Å². The highest BCUT2D eigenvalue weighted by Crippen LogP contribution is 2.33. The van der Waals surface area contributed by atoms with E-state index in [0.29, 0.717) is 12.8 Å². The van der Waals surface area contributed by atoms with Gasteiger partial charge in [0.25, 0.3) is 0 Å². The van der Waals surface area contributed by atoms with Crippen LogP contribution in [0.15, 0.2) is 36.5 Å². The van der Waals surface area contributed by atoms with Crippen molar-refractivity contribution in [2.75, 3.05) is 26.4 Å². The molecule has 0 radical (unpaired) electrons. The molecule has 0 aliphatic carbocycles. The topological polar surface area (TPSA) is 307 Å². The number of allylic oxidation sites excluding steroid dienone is 5. The number of hydrogen-bond donors (Lipinski definition) is 12. The third kappa shape index (κ3) is 32.9. The lowest BCUT2D eigenvalue weighted by Crippen LogP contribution is -2.66. The van der Waals surface area contributed by atoms with Crippen LogP contribution in [0.25, 0.3) is 0 Å². The third-order valence-electron chi connectivity index (χ3n) is 17.4. The maximum atomic E-state index is 13.4. The Bertz CT molecular complexity index is 1720. The molecule has 0 spiro atoms. The normalized spacial score (nSPS) is 28.8. The van der Waals surface area contributed by atoms with Crippen molar-refractivity contribution in [2.24, 2.45) is 0 Å². The molecule has 0 bridgehead atoms. The summed E-state index contributed by atoms with van der Waals surface area (Å²) in [5.74, 6) is -0.284. The van der Waals surface area contributed by atoms with E-state index in [1.165, 1.54) is 186 Å². The van der Waals surface area contributed by atoms with Crippen molar-refractivity contribution in [3.8, 4) is 0 Å². The van der Waals surface area contributed by atoms with E-state index in [2.05, 4.69) is 43.5 Å². The summed E-state index contributed by atoms with van der Waals surface area (Å²) in [4.78, 5) is 13.4. The summed E-state index contributed by atoms with van der Waals surface area (Å²) in [6.07, 6.45) is 31.6. The zero-order valence-corrected chi connectivity index (χ0v) is 53.8. The molecule has 3 aliphatic rings. The Morgan fingerprint density at radius 3 is 1.15 bits per heavy atom. The zero-order valence-electron chi connectivity index (χ0n) is 53.8. The van der Waals surface area contributed by atoms with Crippen LogP contribution in [-0.4, -0.2) is 193 Å². The van der Waals surface area contributed by atoms with E-state index in [9.17, 15) is 61.0 Å². The van der Waals surface area contributed by atoms with Crippen molar-refractivity contribution < 1.29 is 89.4 Å². The molecule has 0 saturated carbocycles. The minimum absolute atomic E-state index is 0.238. The molecule has 510 valence electrons. The third-order valence-corrected chi connectivity index (χ3v) is 17.4. The molecule has 0 aromatic heterocycles. The molecule has 87 heavy (non-hydrogen) atoms. The predicted molar refractivity (Wildman–Crippen MR) is 337 cm³/mol. The molecule has 17 atom stereocenters. The first-order valence-corrected chi connectivity index (χ1v) is 34.7. The summed E-state index contributed by atoms with van der Waals surface area (Å²) in [6, 6.07) is -0.987. The van der Waals surface area contributed by atoms with Gasteiger partial charge < -0.3 is 89.9 Å². The maximum absolute atomic E-state index is 13.4. The van der Waals surface area contributed by atoms with Crippen molar-refractivity contribution >= 4 is 5.91 Å². The lowest BCUT2D eigenvalue weighted by Gasteiger charge is -2.48. The molecule has 3 heterocycles. The summed E-state index contributed by atoms with van der Waals surface area (Å²) >= 11 is 0. The van der Waals surface area contributed by atoms with Crippen molar-refractivity contribution in [1.29, 1.82) is 0 Å². The fourth-order valence-electron chi connectivity index (χ4n) is 11.7. The summed E-state index contributed by atoms with van der Waals surface area (Å²) in [7, 11) is 0. The maximum Gasteiger partial charge on any atom is 0.220 e. The van der Waals surface area contributed by atoms with Gasteiger partial charge in [-0.05, 0) is 57.8 Å². The number of aliphatic hydroxyl groups excluding tert-OH is 11. The largest absolute Gasteiger partial charge is 0.394 e. The number of carbonyl (C=O) groups is 1. The van der Waals surface area contributed by atoms with Gasteiger partial charge >= 0.3 is 0 Å². The van der Waals surface area contributed by atoms with Crippen LogP contribution in [0.2, 0.25) is 0 Å². The van der Waals surface area contributed by atoms with Gasteiger partial charge in [0.1, 0.15) is 73.2 Å². The summed E-state index contributed by atoms with van der Waals surface area (Å²) in [5.41, 5.74) is 0. The summed E-state index contributed by atoms with van der Waals surface area (Å²) in [5, 5.41) is 120. The average Bonchev–Trinajstić information content (AvgIpc) is 1.88. The van der Waals surface area contributed by atoms with Gasteiger partial charge in [0.2, 0.25) is 5.91 Å². The Hall–Kier alpha value is -1.99. The molecule has 12 N–H and O–H groups in total. The van der Waals surface area contributed by atoms with E-state index in [0.717, 1.165) is 38.5 Å². The highest BCUT2D eigenvalue weighted by Gasteiger charge is 2.53. The van der Waals surface area contributed by atoms with Gasteiger partial charge in [0.15, 0.2) is 18.9 Å². The van der Waals surface area contributed by atoms with Crippen LogP contribution in [0.3, 0.4) is 0 Å². The van der Waals surface area contributed by atoms with Crippen molar-refractivity contribution in [3.63, 3.8) is 0 Å². The monoisotopic (exact) mass is 1240 g/mol. The van der Waals surface area contributed by atoms with E-state index >= 15 is 0 Å². The molecule has 0 aromatic rings. The predicted octanol–water partition coefficient (Wildman–Crippen LogP) is 8.83. The standard InChI is InChI=1S/C68H125NO18/c1-3-5-7-9-11-13-15-16-17-18-19-20-21-22-23-24-25-26-27-28-29-30-31-32-33-34-36-38-40-42-44-46-56(74)69-51(52(73)45-43-41-39-37-35-14-12-10-8-6-4-2)50-82-66-62(80)59(77)64(54(48-71)84-66)87-68-63(81)60(78)65(55(49-72)85-68)86-67-61(79)58(76)57(75)53(47-70)83-67/h18-19,35,37,43,45,51-55,57-68,70-73,75-81H,3-17,20-34,36,38-42,44,46-50H2,1-2H3,(H,69,74)/b19-18-,37-35+,45-43+. The molecule has 17 unspecified atom stereocenters. The Labute approximate surface area is 523 Å². The smallest absolute Gasteiger partial charge is 0.220 e. The Kier molecular flexibility index (Phi) is 46.0. The Morgan fingerprint density at radius 2 is 0.736 bits per heavy atom. The highest BCUT2D eigenvalue weighted by molar-refractivity contribution is 5.76. The molecule has 0 aromatic carbocycles. The van der Waals surface area contributed by atoms with Crippen LogP contribution < -0.4 is 5.32 Å². The van der Waals surface area contributed by atoms with E-state index in [1.807, 2.05) is 6.08 Å². The first-order valence-electron chi connectivity index (χ1n) is 34.7. The minimum Gasteiger partial charge on any atom is -0.394 e. The molecule has 1 amide bonds. The fourth-order valence-corrected chi connectivity index (χ4v) is 11.7. The van der Waals surface area contributed by atoms with Gasteiger partial charge in [0.05, 0.1) is 38.6 Å². The van der Waals surface area contributed by atoms with Gasteiger partial charge in [-0.15, -0.1) is 0 Å². The summed E-state index contributed by atoms with van der Waals surface area (Å²) < 4.78 is 34.3. The van der Waals surface area contributed by atoms with Gasteiger partial charge in [-0.3, -0.25) is 4.79 Å². The van der Waals surface area contributed by atoms with Crippen LogP contribution in [0.4, 0.5) is 0 Å². The van der Waals surface area contributed by atoms with Crippen LogP contribution in [0.5, 0.6) is 0 Å². The van der Waals surface area contributed by atoms with E-state index in [1.54, 1.807) is 6.08 Å². The molecule has 3 aliphatic heterocycles. The van der Waals surface area contributed by atoms with Crippen LogP contribution in [0, 0.1) is 0 Å². The molecule has 3 rings (SSSR count). The second-order valence-electron chi connectivity index (χ2n) is 25.0. The molecular formula is C68H125NO18. The second-order valence-corrected chi connectivity index (χ2v) is 25.0. The first-order chi connectivity index (χ1) is 42.3. The number of hydrogen-bond acceptors (Lipinski definition) is 18. The zero-order chi connectivity index (χ0) is 63.3. The lowest BCUT2D eigenvalue weighted by atomic mass is 9.96. The molecule has 19 nitrogen and oxygen atoms in total. The number of carbonyl (C=O) groups excluding carboxylic acids is 1.